The van der Waals surface area contributed by atoms with Crippen molar-refractivity contribution >= 4 is 5.69 Å². The summed E-state index contributed by atoms with van der Waals surface area (Å²) in [5.74, 6) is 0.956. The van der Waals surface area contributed by atoms with E-state index in [-0.39, 0.29) is 6.04 Å². The summed E-state index contributed by atoms with van der Waals surface area (Å²) in [7, 11) is 2.06. The van der Waals surface area contributed by atoms with Crippen molar-refractivity contribution in [2.75, 3.05) is 11.9 Å². The van der Waals surface area contributed by atoms with E-state index in [9.17, 15) is 0 Å². The van der Waals surface area contributed by atoms with Crippen LogP contribution in [0.3, 0.4) is 0 Å². The van der Waals surface area contributed by atoms with Crippen LogP contribution in [0.2, 0.25) is 0 Å². The summed E-state index contributed by atoms with van der Waals surface area (Å²) in [4.78, 5) is 2.17. The molecule has 0 spiro atoms. The van der Waals surface area contributed by atoms with Gasteiger partial charge in [-0.1, -0.05) is 25.1 Å². The van der Waals surface area contributed by atoms with E-state index in [4.69, 9.17) is 10.2 Å². The Balaban J connectivity index is 2.21. The van der Waals surface area contributed by atoms with Gasteiger partial charge in [-0.25, -0.2) is 0 Å². The Labute approximate surface area is 108 Å². The number of anilines is 1. The van der Waals surface area contributed by atoms with E-state index in [0.717, 1.165) is 18.7 Å². The van der Waals surface area contributed by atoms with E-state index < -0.39 is 0 Å². The Morgan fingerprint density at radius 1 is 1.22 bits per heavy atom. The minimum atomic E-state index is 0.0836. The van der Waals surface area contributed by atoms with Crippen molar-refractivity contribution < 1.29 is 4.42 Å². The third-order valence-electron chi connectivity index (χ3n) is 3.16. The zero-order valence-electron chi connectivity index (χ0n) is 11.0. The average Bonchev–Trinajstić information content (AvgIpc) is 2.90. The fourth-order valence-electron chi connectivity index (χ4n) is 2.09. The monoisotopic (exact) mass is 244 g/mol. The van der Waals surface area contributed by atoms with Crippen molar-refractivity contribution in [3.63, 3.8) is 0 Å². The van der Waals surface area contributed by atoms with Gasteiger partial charge in [-0.3, -0.25) is 0 Å². The number of rotatable bonds is 5. The topological polar surface area (TPSA) is 42.4 Å². The zero-order chi connectivity index (χ0) is 13.0. The minimum Gasteiger partial charge on any atom is -0.467 e. The van der Waals surface area contributed by atoms with Crippen LogP contribution in [0.5, 0.6) is 0 Å². The Bertz CT molecular complexity index is 479. The second-order valence-corrected chi connectivity index (χ2v) is 4.51. The molecule has 1 heterocycles. The van der Waals surface area contributed by atoms with E-state index in [0.29, 0.717) is 0 Å². The lowest BCUT2D eigenvalue weighted by molar-refractivity contribution is 0.507. The van der Waals surface area contributed by atoms with E-state index in [1.165, 1.54) is 11.3 Å². The van der Waals surface area contributed by atoms with Crippen LogP contribution in [-0.2, 0) is 6.54 Å². The number of para-hydroxylation sites is 1. The van der Waals surface area contributed by atoms with E-state index >= 15 is 0 Å². The fraction of sp³-hybridized carbons (Fsp3) is 0.333. The first kappa shape index (κ1) is 12.7. The summed E-state index contributed by atoms with van der Waals surface area (Å²) in [6.45, 7) is 2.86. The Morgan fingerprint density at radius 2 is 2.00 bits per heavy atom. The summed E-state index contributed by atoms with van der Waals surface area (Å²) < 4.78 is 5.38. The van der Waals surface area contributed by atoms with E-state index in [1.54, 1.807) is 6.26 Å². The average molecular weight is 244 g/mol. The van der Waals surface area contributed by atoms with Crippen molar-refractivity contribution in [1.82, 2.24) is 0 Å². The third-order valence-corrected chi connectivity index (χ3v) is 3.16. The maximum absolute atomic E-state index is 6.16. The summed E-state index contributed by atoms with van der Waals surface area (Å²) >= 11 is 0. The van der Waals surface area contributed by atoms with Gasteiger partial charge in [0.1, 0.15) is 5.76 Å². The Hall–Kier alpha value is -1.74. The molecule has 1 atom stereocenters. The van der Waals surface area contributed by atoms with Crippen molar-refractivity contribution in [3.05, 3.63) is 54.0 Å². The quantitative estimate of drug-likeness (QED) is 0.877. The van der Waals surface area contributed by atoms with Gasteiger partial charge in [0.05, 0.1) is 12.8 Å². The molecule has 96 valence electrons. The van der Waals surface area contributed by atoms with E-state index in [2.05, 4.69) is 31.0 Å². The highest BCUT2D eigenvalue weighted by Gasteiger charge is 2.12. The first-order valence-corrected chi connectivity index (χ1v) is 6.30. The molecule has 0 amide bonds. The predicted molar refractivity (Wildman–Crippen MR) is 74.5 cm³/mol. The number of hydrogen-bond donors (Lipinski definition) is 1. The molecule has 0 radical (unpaired) electrons. The van der Waals surface area contributed by atoms with Gasteiger partial charge in [0.25, 0.3) is 0 Å². The summed E-state index contributed by atoms with van der Waals surface area (Å²) in [6.07, 6.45) is 2.64. The molecule has 3 heteroatoms. The van der Waals surface area contributed by atoms with Gasteiger partial charge in [0.15, 0.2) is 0 Å². The molecule has 0 fully saturated rings. The van der Waals surface area contributed by atoms with Crippen LogP contribution >= 0.6 is 0 Å². The Morgan fingerprint density at radius 3 is 2.67 bits per heavy atom. The van der Waals surface area contributed by atoms with Gasteiger partial charge in [-0.2, -0.15) is 0 Å². The molecule has 2 aromatic rings. The lowest BCUT2D eigenvalue weighted by Gasteiger charge is -2.23. The molecular formula is C15H20N2O. The largest absolute Gasteiger partial charge is 0.467 e. The first-order valence-electron chi connectivity index (χ1n) is 6.30. The number of benzene rings is 1. The highest BCUT2D eigenvalue weighted by atomic mass is 16.3. The fourth-order valence-corrected chi connectivity index (χ4v) is 2.09. The molecule has 0 bridgehead atoms. The molecule has 0 unspecified atom stereocenters. The summed E-state index contributed by atoms with van der Waals surface area (Å²) in [5.41, 5.74) is 8.51. The molecule has 0 saturated carbocycles. The molecule has 0 aliphatic heterocycles. The third kappa shape index (κ3) is 2.74. The van der Waals surface area contributed by atoms with Gasteiger partial charge >= 0.3 is 0 Å². The number of furan rings is 1. The van der Waals surface area contributed by atoms with Gasteiger partial charge in [0.2, 0.25) is 0 Å². The number of nitrogens with two attached hydrogens (primary N) is 1. The SMILES string of the molecule is CC[C@H](N)c1ccccc1N(C)Cc1ccco1. The van der Waals surface area contributed by atoms with Crippen molar-refractivity contribution in [1.29, 1.82) is 0 Å². The van der Waals surface area contributed by atoms with E-state index in [1.807, 2.05) is 24.3 Å². The Kier molecular flexibility index (Phi) is 4.05. The van der Waals surface area contributed by atoms with Crippen molar-refractivity contribution in [2.24, 2.45) is 5.73 Å². The normalized spacial score (nSPS) is 12.4. The molecule has 0 saturated heterocycles. The standard InChI is InChI=1S/C15H20N2O/c1-3-14(16)13-8-4-5-9-15(13)17(2)11-12-7-6-10-18-12/h4-10,14H,3,11,16H2,1-2H3/t14-/m0/s1. The molecule has 1 aromatic carbocycles. The van der Waals surface area contributed by atoms with Gasteiger partial charge < -0.3 is 15.1 Å². The second kappa shape index (κ2) is 5.74. The zero-order valence-corrected chi connectivity index (χ0v) is 11.0. The molecule has 18 heavy (non-hydrogen) atoms. The molecular weight excluding hydrogens is 224 g/mol. The van der Waals surface area contributed by atoms with Crippen LogP contribution in [-0.4, -0.2) is 7.05 Å². The molecule has 0 aliphatic carbocycles. The van der Waals surface area contributed by atoms with Crippen LogP contribution in [0.4, 0.5) is 5.69 Å². The lowest BCUT2D eigenvalue weighted by Crippen LogP contribution is -2.20. The maximum atomic E-state index is 6.16. The van der Waals surface area contributed by atoms with Crippen molar-refractivity contribution in [2.45, 2.75) is 25.9 Å². The summed E-state index contributed by atoms with van der Waals surface area (Å²) in [5, 5.41) is 0. The van der Waals surface area contributed by atoms with Gasteiger partial charge in [-0.05, 0) is 30.2 Å². The van der Waals surface area contributed by atoms with Crippen LogP contribution in [0.1, 0.15) is 30.7 Å². The first-order chi connectivity index (χ1) is 8.72. The van der Waals surface area contributed by atoms with Crippen LogP contribution in [0.25, 0.3) is 0 Å². The van der Waals surface area contributed by atoms with Crippen molar-refractivity contribution in [3.8, 4) is 0 Å². The number of hydrogen-bond acceptors (Lipinski definition) is 3. The summed E-state index contributed by atoms with van der Waals surface area (Å²) in [6, 6.07) is 12.3. The molecule has 2 rings (SSSR count). The molecule has 3 nitrogen and oxygen atoms in total. The van der Waals surface area contributed by atoms with Crippen LogP contribution in [0.15, 0.2) is 47.1 Å². The molecule has 2 N–H and O–H groups in total. The lowest BCUT2D eigenvalue weighted by atomic mass is 10.0. The highest BCUT2D eigenvalue weighted by molar-refractivity contribution is 5.54. The van der Waals surface area contributed by atoms with Gasteiger partial charge in [-0.15, -0.1) is 0 Å². The van der Waals surface area contributed by atoms with Crippen LogP contribution < -0.4 is 10.6 Å². The molecule has 0 aliphatic rings. The smallest absolute Gasteiger partial charge is 0.123 e. The molecule has 1 aromatic heterocycles. The predicted octanol–water partition coefficient (Wildman–Crippen LogP) is 3.33. The maximum Gasteiger partial charge on any atom is 0.123 e. The van der Waals surface area contributed by atoms with Gasteiger partial charge in [0, 0.05) is 18.8 Å². The minimum absolute atomic E-state index is 0.0836. The highest BCUT2D eigenvalue weighted by Crippen LogP contribution is 2.26. The number of nitrogens with zero attached hydrogens (tertiary/aromatic N) is 1. The second-order valence-electron chi connectivity index (χ2n) is 4.51. The van der Waals surface area contributed by atoms with Crippen LogP contribution in [0, 0.1) is 0 Å².